The van der Waals surface area contributed by atoms with Crippen LogP contribution in [0.5, 0.6) is 0 Å². The molecule has 2 unspecified atom stereocenters. The van der Waals surface area contributed by atoms with Crippen molar-refractivity contribution in [2.75, 3.05) is 13.1 Å². The van der Waals surface area contributed by atoms with Crippen LogP contribution in [-0.2, 0) is 9.59 Å². The first kappa shape index (κ1) is 13.0. The van der Waals surface area contributed by atoms with Gasteiger partial charge in [-0.15, -0.1) is 0 Å². The van der Waals surface area contributed by atoms with E-state index in [-0.39, 0.29) is 30.4 Å². The SMILES string of the molecule is CCCC(CC)NC(=O)C1CNC(=O)CN1. The normalized spacial score (nSPS) is 22.4. The third kappa shape index (κ3) is 3.81. The van der Waals surface area contributed by atoms with Gasteiger partial charge in [-0.1, -0.05) is 20.3 Å². The Kier molecular flexibility index (Phi) is 5.25. The third-order valence-corrected chi connectivity index (χ3v) is 2.81. The molecule has 1 aliphatic heterocycles. The Morgan fingerprint density at radius 1 is 1.56 bits per heavy atom. The van der Waals surface area contributed by atoms with Crippen LogP contribution >= 0.6 is 0 Å². The molecular weight excluding hydrogens is 206 g/mol. The molecule has 1 saturated heterocycles. The van der Waals surface area contributed by atoms with Crippen molar-refractivity contribution < 1.29 is 9.59 Å². The quantitative estimate of drug-likeness (QED) is 0.607. The Morgan fingerprint density at radius 2 is 2.31 bits per heavy atom. The summed E-state index contributed by atoms with van der Waals surface area (Å²) in [6.07, 6.45) is 3.01. The fraction of sp³-hybridized carbons (Fsp3) is 0.818. The molecule has 0 aliphatic carbocycles. The number of piperazine rings is 1. The Labute approximate surface area is 96.4 Å². The molecular formula is C11H21N3O2. The molecule has 0 aromatic heterocycles. The van der Waals surface area contributed by atoms with Crippen LogP contribution in [0, 0.1) is 0 Å². The first-order valence-electron chi connectivity index (χ1n) is 5.97. The molecule has 0 bridgehead atoms. The summed E-state index contributed by atoms with van der Waals surface area (Å²) in [6.45, 7) is 4.78. The molecule has 0 radical (unpaired) electrons. The number of carbonyl (C=O) groups is 2. The number of hydrogen-bond donors (Lipinski definition) is 3. The zero-order valence-corrected chi connectivity index (χ0v) is 10.0. The van der Waals surface area contributed by atoms with Crippen molar-refractivity contribution in [1.82, 2.24) is 16.0 Å². The Balaban J connectivity index is 2.36. The van der Waals surface area contributed by atoms with E-state index in [0.29, 0.717) is 6.54 Å². The molecule has 0 aromatic carbocycles. The predicted octanol–water partition coefficient (Wildman–Crippen LogP) is -0.231. The van der Waals surface area contributed by atoms with Crippen molar-refractivity contribution in [2.45, 2.75) is 45.2 Å². The summed E-state index contributed by atoms with van der Waals surface area (Å²) < 4.78 is 0. The highest BCUT2D eigenvalue weighted by Gasteiger charge is 2.24. The standard InChI is InChI=1S/C11H21N3O2/c1-3-5-8(4-2)14-11(16)9-6-13-10(15)7-12-9/h8-9,12H,3-7H2,1-2H3,(H,13,15)(H,14,16). The van der Waals surface area contributed by atoms with Crippen molar-refractivity contribution in [3.63, 3.8) is 0 Å². The van der Waals surface area contributed by atoms with E-state index in [9.17, 15) is 9.59 Å². The molecule has 3 N–H and O–H groups in total. The summed E-state index contributed by atoms with van der Waals surface area (Å²) in [7, 11) is 0. The second kappa shape index (κ2) is 6.48. The fourth-order valence-corrected chi connectivity index (χ4v) is 1.78. The van der Waals surface area contributed by atoms with E-state index in [0.717, 1.165) is 19.3 Å². The molecule has 2 amide bonds. The number of carbonyl (C=O) groups excluding carboxylic acids is 2. The van der Waals surface area contributed by atoms with Crippen LogP contribution in [0.2, 0.25) is 0 Å². The van der Waals surface area contributed by atoms with Gasteiger partial charge in [-0.2, -0.15) is 0 Å². The highest BCUT2D eigenvalue weighted by Crippen LogP contribution is 2.01. The molecule has 92 valence electrons. The van der Waals surface area contributed by atoms with Gasteiger partial charge in [0.1, 0.15) is 6.04 Å². The summed E-state index contributed by atoms with van der Waals surface area (Å²) in [5.41, 5.74) is 0. The van der Waals surface area contributed by atoms with Gasteiger partial charge >= 0.3 is 0 Å². The topological polar surface area (TPSA) is 70.2 Å². The molecule has 16 heavy (non-hydrogen) atoms. The average molecular weight is 227 g/mol. The molecule has 2 atom stereocenters. The molecule has 1 aliphatic rings. The van der Waals surface area contributed by atoms with Gasteiger partial charge in [0, 0.05) is 12.6 Å². The zero-order valence-electron chi connectivity index (χ0n) is 10.0. The summed E-state index contributed by atoms with van der Waals surface area (Å²) in [5, 5.41) is 8.59. The summed E-state index contributed by atoms with van der Waals surface area (Å²) >= 11 is 0. The van der Waals surface area contributed by atoms with Gasteiger partial charge in [-0.3, -0.25) is 14.9 Å². The minimum absolute atomic E-state index is 0.0136. The van der Waals surface area contributed by atoms with E-state index in [1.54, 1.807) is 0 Å². The summed E-state index contributed by atoms with van der Waals surface area (Å²) in [6, 6.07) is -0.0412. The monoisotopic (exact) mass is 227 g/mol. The minimum Gasteiger partial charge on any atom is -0.353 e. The van der Waals surface area contributed by atoms with E-state index >= 15 is 0 Å². The highest BCUT2D eigenvalue weighted by atomic mass is 16.2. The number of hydrogen-bond acceptors (Lipinski definition) is 3. The van der Waals surface area contributed by atoms with Crippen molar-refractivity contribution in [3.05, 3.63) is 0 Å². The Morgan fingerprint density at radius 3 is 2.81 bits per heavy atom. The van der Waals surface area contributed by atoms with E-state index < -0.39 is 0 Å². The average Bonchev–Trinajstić information content (AvgIpc) is 2.29. The predicted molar refractivity (Wildman–Crippen MR) is 61.9 cm³/mol. The Bertz CT molecular complexity index is 246. The summed E-state index contributed by atoms with van der Waals surface area (Å²) in [4.78, 5) is 22.7. The maximum atomic E-state index is 11.8. The fourth-order valence-electron chi connectivity index (χ4n) is 1.78. The van der Waals surface area contributed by atoms with Crippen LogP contribution in [0.25, 0.3) is 0 Å². The molecule has 0 aromatic rings. The van der Waals surface area contributed by atoms with Gasteiger partial charge < -0.3 is 10.6 Å². The van der Waals surface area contributed by atoms with Gasteiger partial charge in [-0.25, -0.2) is 0 Å². The van der Waals surface area contributed by atoms with E-state index in [1.807, 2.05) is 0 Å². The van der Waals surface area contributed by atoms with Gasteiger partial charge in [-0.05, 0) is 12.8 Å². The van der Waals surface area contributed by atoms with Gasteiger partial charge in [0.15, 0.2) is 0 Å². The first-order valence-corrected chi connectivity index (χ1v) is 5.97. The zero-order chi connectivity index (χ0) is 12.0. The van der Waals surface area contributed by atoms with Crippen LogP contribution in [0.4, 0.5) is 0 Å². The lowest BCUT2D eigenvalue weighted by Crippen LogP contribution is -2.59. The van der Waals surface area contributed by atoms with Crippen molar-refractivity contribution in [1.29, 1.82) is 0 Å². The molecule has 5 heteroatoms. The molecule has 1 rings (SSSR count). The second-order valence-electron chi connectivity index (χ2n) is 4.14. The Hall–Kier alpha value is -1.10. The maximum Gasteiger partial charge on any atom is 0.239 e. The summed E-state index contributed by atoms with van der Waals surface area (Å²) in [5.74, 6) is -0.0649. The van der Waals surface area contributed by atoms with Crippen molar-refractivity contribution >= 4 is 11.8 Å². The van der Waals surface area contributed by atoms with Gasteiger partial charge in [0.05, 0.1) is 6.54 Å². The maximum absolute atomic E-state index is 11.8. The smallest absolute Gasteiger partial charge is 0.239 e. The van der Waals surface area contributed by atoms with E-state index in [4.69, 9.17) is 0 Å². The van der Waals surface area contributed by atoms with Crippen LogP contribution in [0.1, 0.15) is 33.1 Å². The molecule has 1 fully saturated rings. The number of rotatable bonds is 5. The van der Waals surface area contributed by atoms with Crippen molar-refractivity contribution in [3.8, 4) is 0 Å². The molecule has 0 spiro atoms. The second-order valence-corrected chi connectivity index (χ2v) is 4.14. The van der Waals surface area contributed by atoms with Crippen LogP contribution < -0.4 is 16.0 Å². The molecule has 0 saturated carbocycles. The van der Waals surface area contributed by atoms with Crippen LogP contribution in [-0.4, -0.2) is 37.0 Å². The van der Waals surface area contributed by atoms with E-state index in [2.05, 4.69) is 29.8 Å². The lowest BCUT2D eigenvalue weighted by atomic mass is 10.1. The van der Waals surface area contributed by atoms with Crippen molar-refractivity contribution in [2.24, 2.45) is 0 Å². The lowest BCUT2D eigenvalue weighted by Gasteiger charge is -2.25. The number of nitrogens with one attached hydrogen (secondary N) is 3. The third-order valence-electron chi connectivity index (χ3n) is 2.81. The lowest BCUT2D eigenvalue weighted by molar-refractivity contribution is -0.127. The van der Waals surface area contributed by atoms with Crippen LogP contribution in [0.15, 0.2) is 0 Å². The largest absolute Gasteiger partial charge is 0.353 e. The minimum atomic E-state index is -0.288. The van der Waals surface area contributed by atoms with Gasteiger partial charge in [0.25, 0.3) is 0 Å². The number of amides is 2. The molecule has 5 nitrogen and oxygen atoms in total. The van der Waals surface area contributed by atoms with E-state index in [1.165, 1.54) is 0 Å². The van der Waals surface area contributed by atoms with Crippen LogP contribution in [0.3, 0.4) is 0 Å². The highest BCUT2D eigenvalue weighted by molar-refractivity contribution is 5.86. The first-order chi connectivity index (χ1) is 7.67. The van der Waals surface area contributed by atoms with Gasteiger partial charge in [0.2, 0.25) is 11.8 Å². The molecule has 1 heterocycles.